The summed E-state index contributed by atoms with van der Waals surface area (Å²) in [6.45, 7) is 4.91. The van der Waals surface area contributed by atoms with E-state index in [9.17, 15) is 0 Å². The van der Waals surface area contributed by atoms with Crippen molar-refractivity contribution in [2.24, 2.45) is 0 Å². The molecule has 3 nitrogen and oxygen atoms in total. The number of aryl methyl sites for hydroxylation is 2. The van der Waals surface area contributed by atoms with Crippen LogP contribution in [0.1, 0.15) is 28.3 Å². The van der Waals surface area contributed by atoms with Gasteiger partial charge in [0.2, 0.25) is 0 Å². The predicted octanol–water partition coefficient (Wildman–Crippen LogP) is 2.99. The summed E-state index contributed by atoms with van der Waals surface area (Å²) in [6.07, 6.45) is 0.842. The Morgan fingerprint density at radius 1 is 1.33 bits per heavy atom. The number of hydrogen-bond donors (Lipinski definition) is 2. The van der Waals surface area contributed by atoms with Crippen LogP contribution in [0.5, 0.6) is 0 Å². The first-order chi connectivity index (χ1) is 8.60. The molecule has 0 fully saturated rings. The van der Waals surface area contributed by atoms with Crippen LogP contribution in [0.3, 0.4) is 0 Å². The second-order valence-electron chi connectivity index (χ2n) is 4.53. The van der Waals surface area contributed by atoms with Crippen LogP contribution < -0.4 is 5.32 Å². The zero-order valence-electron chi connectivity index (χ0n) is 11.0. The number of imidazole rings is 1. The van der Waals surface area contributed by atoms with Crippen molar-refractivity contribution < 1.29 is 0 Å². The number of benzene rings is 1. The van der Waals surface area contributed by atoms with Crippen molar-refractivity contribution in [3.05, 3.63) is 51.6 Å². The molecule has 1 aromatic carbocycles. The van der Waals surface area contributed by atoms with Gasteiger partial charge in [-0.15, -0.1) is 0 Å². The van der Waals surface area contributed by atoms with E-state index in [1.807, 2.05) is 19.2 Å². The standard InChI is InChI=1S/C14H18ClN3/c1-9-6-12(15)5-4-11(9)7-13-10(2)17-14(18-13)8-16-3/h4-6,16H,7-8H2,1-3H3,(H,17,18). The zero-order valence-corrected chi connectivity index (χ0v) is 11.7. The first-order valence-corrected chi connectivity index (χ1v) is 6.42. The summed E-state index contributed by atoms with van der Waals surface area (Å²) >= 11 is 5.97. The molecule has 1 aromatic heterocycles. The van der Waals surface area contributed by atoms with Crippen molar-refractivity contribution in [1.82, 2.24) is 15.3 Å². The van der Waals surface area contributed by atoms with Crippen LogP contribution >= 0.6 is 11.6 Å². The molecule has 0 aliphatic heterocycles. The van der Waals surface area contributed by atoms with Gasteiger partial charge in [0.25, 0.3) is 0 Å². The van der Waals surface area contributed by atoms with Crippen LogP contribution in [0, 0.1) is 13.8 Å². The Hall–Kier alpha value is -1.32. The van der Waals surface area contributed by atoms with Gasteiger partial charge in [-0.05, 0) is 44.2 Å². The average Bonchev–Trinajstić information content (AvgIpc) is 2.64. The molecule has 96 valence electrons. The Morgan fingerprint density at radius 2 is 2.11 bits per heavy atom. The number of halogens is 1. The van der Waals surface area contributed by atoms with E-state index < -0.39 is 0 Å². The summed E-state index contributed by atoms with van der Waals surface area (Å²) in [7, 11) is 1.92. The van der Waals surface area contributed by atoms with Gasteiger partial charge < -0.3 is 10.3 Å². The smallest absolute Gasteiger partial charge is 0.120 e. The van der Waals surface area contributed by atoms with Gasteiger partial charge in [0, 0.05) is 17.1 Å². The highest BCUT2D eigenvalue weighted by molar-refractivity contribution is 6.30. The molecule has 0 spiro atoms. The predicted molar refractivity (Wildman–Crippen MR) is 75.1 cm³/mol. The van der Waals surface area contributed by atoms with E-state index in [0.717, 1.165) is 35.2 Å². The molecule has 0 saturated heterocycles. The second-order valence-corrected chi connectivity index (χ2v) is 4.97. The Balaban J connectivity index is 2.22. The van der Waals surface area contributed by atoms with Crippen molar-refractivity contribution in [3.8, 4) is 0 Å². The lowest BCUT2D eigenvalue weighted by Crippen LogP contribution is -2.06. The molecule has 0 bridgehead atoms. The maximum Gasteiger partial charge on any atom is 0.120 e. The summed E-state index contributed by atoms with van der Waals surface area (Å²) < 4.78 is 0. The number of aromatic nitrogens is 2. The molecule has 2 rings (SSSR count). The zero-order chi connectivity index (χ0) is 13.1. The Morgan fingerprint density at radius 3 is 2.78 bits per heavy atom. The Bertz CT molecular complexity index is 546. The summed E-state index contributed by atoms with van der Waals surface area (Å²) in [4.78, 5) is 7.90. The van der Waals surface area contributed by atoms with E-state index in [0.29, 0.717) is 0 Å². The SMILES string of the molecule is CNCc1nc(Cc2ccc(Cl)cc2C)c(C)[nH]1. The minimum Gasteiger partial charge on any atom is -0.345 e. The normalized spacial score (nSPS) is 10.9. The van der Waals surface area contributed by atoms with Crippen LogP contribution in [0.2, 0.25) is 5.02 Å². The molecule has 0 aliphatic rings. The summed E-state index contributed by atoms with van der Waals surface area (Å²) in [6, 6.07) is 6.00. The van der Waals surface area contributed by atoms with Gasteiger partial charge in [0.05, 0.1) is 12.2 Å². The van der Waals surface area contributed by atoms with Crippen molar-refractivity contribution in [2.45, 2.75) is 26.8 Å². The molecular weight excluding hydrogens is 246 g/mol. The molecule has 2 aromatic rings. The summed E-state index contributed by atoms with van der Waals surface area (Å²) in [5, 5.41) is 3.88. The topological polar surface area (TPSA) is 40.7 Å². The van der Waals surface area contributed by atoms with E-state index in [2.05, 4.69) is 35.2 Å². The van der Waals surface area contributed by atoms with Crippen LogP contribution in [-0.2, 0) is 13.0 Å². The maximum atomic E-state index is 5.97. The number of rotatable bonds is 4. The third-order valence-corrected chi connectivity index (χ3v) is 3.28. The Labute approximate surface area is 113 Å². The molecular formula is C14H18ClN3. The lowest BCUT2D eigenvalue weighted by Gasteiger charge is -2.05. The summed E-state index contributed by atoms with van der Waals surface area (Å²) in [5.74, 6) is 0.983. The molecule has 0 unspecified atom stereocenters. The van der Waals surface area contributed by atoms with Crippen molar-refractivity contribution in [3.63, 3.8) is 0 Å². The minimum absolute atomic E-state index is 0.764. The largest absolute Gasteiger partial charge is 0.345 e. The van der Waals surface area contributed by atoms with Gasteiger partial charge in [-0.2, -0.15) is 0 Å². The molecule has 0 atom stereocenters. The lowest BCUT2D eigenvalue weighted by molar-refractivity contribution is 0.768. The van der Waals surface area contributed by atoms with E-state index in [1.54, 1.807) is 0 Å². The second kappa shape index (κ2) is 5.55. The molecule has 1 heterocycles. The molecule has 0 aliphatic carbocycles. The average molecular weight is 264 g/mol. The highest BCUT2D eigenvalue weighted by atomic mass is 35.5. The molecule has 2 N–H and O–H groups in total. The number of H-pyrrole nitrogens is 1. The highest BCUT2D eigenvalue weighted by Gasteiger charge is 2.08. The van der Waals surface area contributed by atoms with Crippen molar-refractivity contribution in [1.29, 1.82) is 0 Å². The third kappa shape index (κ3) is 2.92. The third-order valence-electron chi connectivity index (χ3n) is 3.04. The van der Waals surface area contributed by atoms with E-state index in [4.69, 9.17) is 11.6 Å². The van der Waals surface area contributed by atoms with Crippen LogP contribution in [0.15, 0.2) is 18.2 Å². The van der Waals surface area contributed by atoms with Gasteiger partial charge in [-0.3, -0.25) is 0 Å². The molecule has 0 amide bonds. The fourth-order valence-corrected chi connectivity index (χ4v) is 2.25. The van der Waals surface area contributed by atoms with E-state index in [1.165, 1.54) is 11.1 Å². The lowest BCUT2D eigenvalue weighted by atomic mass is 10.0. The molecule has 4 heteroatoms. The van der Waals surface area contributed by atoms with Crippen LogP contribution in [0.25, 0.3) is 0 Å². The number of aromatic amines is 1. The van der Waals surface area contributed by atoms with Crippen molar-refractivity contribution >= 4 is 11.6 Å². The number of nitrogens with zero attached hydrogens (tertiary/aromatic N) is 1. The fraction of sp³-hybridized carbons (Fsp3) is 0.357. The van der Waals surface area contributed by atoms with Crippen molar-refractivity contribution in [2.75, 3.05) is 7.05 Å². The number of nitrogens with one attached hydrogen (secondary N) is 2. The first kappa shape index (κ1) is 13.1. The highest BCUT2D eigenvalue weighted by Crippen LogP contribution is 2.19. The van der Waals surface area contributed by atoms with Gasteiger partial charge in [0.1, 0.15) is 5.82 Å². The van der Waals surface area contributed by atoms with Gasteiger partial charge >= 0.3 is 0 Å². The summed E-state index contributed by atoms with van der Waals surface area (Å²) in [5.41, 5.74) is 4.71. The minimum atomic E-state index is 0.764. The monoisotopic (exact) mass is 263 g/mol. The fourth-order valence-electron chi connectivity index (χ4n) is 2.02. The molecule has 0 saturated carbocycles. The van der Waals surface area contributed by atoms with Gasteiger partial charge in [-0.25, -0.2) is 4.98 Å². The molecule has 18 heavy (non-hydrogen) atoms. The Kier molecular flexibility index (Phi) is 4.04. The first-order valence-electron chi connectivity index (χ1n) is 6.04. The maximum absolute atomic E-state index is 5.97. The quantitative estimate of drug-likeness (QED) is 0.890. The van der Waals surface area contributed by atoms with Crippen LogP contribution in [-0.4, -0.2) is 17.0 Å². The number of hydrogen-bond acceptors (Lipinski definition) is 2. The van der Waals surface area contributed by atoms with Crippen LogP contribution in [0.4, 0.5) is 0 Å². The van der Waals surface area contributed by atoms with Gasteiger partial charge in [-0.1, -0.05) is 17.7 Å². The van der Waals surface area contributed by atoms with E-state index >= 15 is 0 Å². The van der Waals surface area contributed by atoms with E-state index in [-0.39, 0.29) is 0 Å². The van der Waals surface area contributed by atoms with Gasteiger partial charge in [0.15, 0.2) is 0 Å². The molecule has 0 radical (unpaired) electrons.